The number of nitrogens with two attached hydrogens (primary N) is 1. The molecule has 15 heavy (non-hydrogen) atoms. The summed E-state index contributed by atoms with van der Waals surface area (Å²) in [6.45, 7) is 0.944. The van der Waals surface area contributed by atoms with Crippen molar-refractivity contribution in [1.29, 1.82) is 0 Å². The summed E-state index contributed by atoms with van der Waals surface area (Å²) >= 11 is 0. The van der Waals surface area contributed by atoms with Crippen LogP contribution in [-0.4, -0.2) is 46.9 Å². The first-order valence-electron chi connectivity index (χ1n) is 5.03. The van der Waals surface area contributed by atoms with Crippen LogP contribution in [0, 0.1) is 5.92 Å². The summed E-state index contributed by atoms with van der Waals surface area (Å²) in [6.07, 6.45) is 1.20. The number of nitrogens with one attached hydrogen (secondary N) is 1. The topological polar surface area (TPSA) is 116 Å². The van der Waals surface area contributed by atoms with E-state index in [0.29, 0.717) is 19.4 Å². The van der Waals surface area contributed by atoms with Gasteiger partial charge in [0.25, 0.3) is 0 Å². The molecule has 0 amide bonds. The maximum atomic E-state index is 10.9. The molecule has 0 spiro atoms. The molecular formula is C8H17BN2O4. The molecule has 0 aromatic rings. The third kappa shape index (κ3) is 3.46. The van der Waals surface area contributed by atoms with Crippen molar-refractivity contribution in [2.45, 2.75) is 24.7 Å². The largest absolute Gasteiger partial charge is 0.480 e. The van der Waals surface area contributed by atoms with Crippen molar-refractivity contribution in [3.8, 4) is 0 Å². The van der Waals surface area contributed by atoms with Gasteiger partial charge >= 0.3 is 13.1 Å². The first kappa shape index (κ1) is 12.4. The standard InChI is InChI=1S/C8H17BN2O4/c10-8(7(12)13)3-6(4-11-5-8)1-2-9(14)15/h6,11,14-15H,1-5,10H2,(H,12,13)/t6-,8-/m1/s1. The fourth-order valence-corrected chi connectivity index (χ4v) is 1.91. The molecule has 0 unspecified atom stereocenters. The van der Waals surface area contributed by atoms with Gasteiger partial charge in [-0.1, -0.05) is 6.42 Å². The SMILES string of the molecule is N[C@@]1(C(=O)O)CNC[C@H](CCB(O)O)C1. The molecule has 7 heteroatoms. The normalized spacial score (nSPS) is 31.3. The number of aliphatic carboxylic acids is 1. The van der Waals surface area contributed by atoms with E-state index in [0.717, 1.165) is 0 Å². The van der Waals surface area contributed by atoms with Gasteiger partial charge < -0.3 is 26.2 Å². The van der Waals surface area contributed by atoms with E-state index in [1.807, 2.05) is 0 Å². The lowest BCUT2D eigenvalue weighted by Crippen LogP contribution is -2.60. The number of carbonyl (C=O) groups is 1. The molecule has 0 bridgehead atoms. The van der Waals surface area contributed by atoms with Crippen LogP contribution >= 0.6 is 0 Å². The smallest absolute Gasteiger partial charge is 0.451 e. The van der Waals surface area contributed by atoms with Crippen molar-refractivity contribution in [3.63, 3.8) is 0 Å². The third-order valence-electron chi connectivity index (χ3n) is 2.79. The molecule has 6 N–H and O–H groups in total. The Morgan fingerprint density at radius 3 is 2.80 bits per heavy atom. The van der Waals surface area contributed by atoms with Crippen molar-refractivity contribution in [2.75, 3.05) is 13.1 Å². The molecule has 86 valence electrons. The number of carboxylic acids is 1. The molecule has 6 nitrogen and oxygen atoms in total. The number of rotatable bonds is 4. The van der Waals surface area contributed by atoms with E-state index < -0.39 is 18.6 Å². The van der Waals surface area contributed by atoms with Crippen molar-refractivity contribution in [1.82, 2.24) is 5.32 Å². The lowest BCUT2D eigenvalue weighted by Gasteiger charge is -2.35. The van der Waals surface area contributed by atoms with E-state index in [4.69, 9.17) is 20.9 Å². The Kier molecular flexibility index (Phi) is 4.09. The number of hydrogen-bond donors (Lipinski definition) is 5. The summed E-state index contributed by atoms with van der Waals surface area (Å²) in [5, 5.41) is 29.3. The summed E-state index contributed by atoms with van der Waals surface area (Å²) in [5.41, 5.74) is 4.49. The second kappa shape index (κ2) is 4.93. The highest BCUT2D eigenvalue weighted by molar-refractivity contribution is 6.40. The average molecular weight is 216 g/mol. The van der Waals surface area contributed by atoms with Crippen molar-refractivity contribution >= 4 is 13.1 Å². The predicted molar refractivity (Wildman–Crippen MR) is 55.1 cm³/mol. The van der Waals surface area contributed by atoms with Crippen LogP contribution in [-0.2, 0) is 4.79 Å². The van der Waals surface area contributed by atoms with Gasteiger partial charge in [-0.3, -0.25) is 4.79 Å². The van der Waals surface area contributed by atoms with Crippen LogP contribution < -0.4 is 11.1 Å². The first-order valence-corrected chi connectivity index (χ1v) is 5.03. The Labute approximate surface area is 88.6 Å². The highest BCUT2D eigenvalue weighted by atomic mass is 16.4. The minimum Gasteiger partial charge on any atom is -0.480 e. The Hall–Kier alpha value is -0.625. The van der Waals surface area contributed by atoms with E-state index in [1.165, 1.54) is 0 Å². The molecule has 1 fully saturated rings. The number of carboxylic acid groups (broad SMARTS) is 1. The molecule has 1 aliphatic heterocycles. The third-order valence-corrected chi connectivity index (χ3v) is 2.79. The van der Waals surface area contributed by atoms with Gasteiger partial charge in [-0.05, 0) is 25.2 Å². The maximum Gasteiger partial charge on any atom is 0.451 e. The Morgan fingerprint density at radius 1 is 1.60 bits per heavy atom. The van der Waals surface area contributed by atoms with Gasteiger partial charge in [-0.2, -0.15) is 0 Å². The van der Waals surface area contributed by atoms with Crippen molar-refractivity contribution in [2.24, 2.45) is 11.7 Å². The fraction of sp³-hybridized carbons (Fsp3) is 0.875. The molecule has 0 aliphatic carbocycles. The zero-order valence-electron chi connectivity index (χ0n) is 8.52. The summed E-state index contributed by atoms with van der Waals surface area (Å²) in [5.74, 6) is -0.925. The molecule has 1 aliphatic rings. The lowest BCUT2D eigenvalue weighted by atomic mass is 9.76. The van der Waals surface area contributed by atoms with Gasteiger partial charge in [0, 0.05) is 6.54 Å². The van der Waals surface area contributed by atoms with Gasteiger partial charge in [0.2, 0.25) is 0 Å². The second-order valence-electron chi connectivity index (χ2n) is 4.22. The highest BCUT2D eigenvalue weighted by Crippen LogP contribution is 2.23. The zero-order chi connectivity index (χ0) is 11.5. The molecule has 1 saturated heterocycles. The predicted octanol–water partition coefficient (Wildman–Crippen LogP) is -1.76. The molecular weight excluding hydrogens is 199 g/mol. The van der Waals surface area contributed by atoms with E-state index in [9.17, 15) is 4.79 Å². The molecule has 0 aromatic heterocycles. The van der Waals surface area contributed by atoms with Crippen LogP contribution in [0.4, 0.5) is 0 Å². The lowest BCUT2D eigenvalue weighted by molar-refractivity contribution is -0.144. The monoisotopic (exact) mass is 216 g/mol. The summed E-state index contributed by atoms with van der Waals surface area (Å²) in [6, 6.07) is 0. The molecule has 0 saturated carbocycles. The van der Waals surface area contributed by atoms with Gasteiger partial charge in [-0.15, -0.1) is 0 Å². The Balaban J connectivity index is 2.45. The number of hydrogen-bond acceptors (Lipinski definition) is 5. The molecule has 2 atom stereocenters. The van der Waals surface area contributed by atoms with Gasteiger partial charge in [0.1, 0.15) is 5.54 Å². The summed E-state index contributed by atoms with van der Waals surface area (Å²) in [7, 11) is -1.33. The van der Waals surface area contributed by atoms with Crippen molar-refractivity contribution < 1.29 is 19.9 Å². The van der Waals surface area contributed by atoms with Gasteiger partial charge in [-0.25, -0.2) is 0 Å². The van der Waals surface area contributed by atoms with Gasteiger partial charge in [0.05, 0.1) is 0 Å². The van der Waals surface area contributed by atoms with Crippen molar-refractivity contribution in [3.05, 3.63) is 0 Å². The molecule has 0 aromatic carbocycles. The molecule has 1 heterocycles. The van der Waals surface area contributed by atoms with Crippen LogP contribution in [0.1, 0.15) is 12.8 Å². The van der Waals surface area contributed by atoms with E-state index >= 15 is 0 Å². The number of piperidine rings is 1. The molecule has 1 rings (SSSR count). The van der Waals surface area contributed by atoms with E-state index in [1.54, 1.807) is 0 Å². The van der Waals surface area contributed by atoms with Gasteiger partial charge in [0.15, 0.2) is 0 Å². The minimum atomic E-state index is -1.33. The van der Waals surface area contributed by atoms with Crippen LogP contribution in [0.2, 0.25) is 6.32 Å². The highest BCUT2D eigenvalue weighted by Gasteiger charge is 2.39. The second-order valence-corrected chi connectivity index (χ2v) is 4.22. The van der Waals surface area contributed by atoms with E-state index in [-0.39, 0.29) is 18.8 Å². The summed E-state index contributed by atoms with van der Waals surface area (Å²) < 4.78 is 0. The average Bonchev–Trinajstić information content (AvgIpc) is 2.15. The van der Waals surface area contributed by atoms with E-state index in [2.05, 4.69) is 5.32 Å². The minimum absolute atomic E-state index is 0.0849. The maximum absolute atomic E-state index is 10.9. The van der Waals surface area contributed by atoms with Crippen LogP contribution in [0.5, 0.6) is 0 Å². The summed E-state index contributed by atoms with van der Waals surface area (Å²) in [4.78, 5) is 10.9. The van der Waals surface area contributed by atoms with Crippen LogP contribution in [0.15, 0.2) is 0 Å². The Bertz CT molecular complexity index is 239. The zero-order valence-corrected chi connectivity index (χ0v) is 8.52. The van der Waals surface area contributed by atoms with Crippen LogP contribution in [0.25, 0.3) is 0 Å². The quantitative estimate of drug-likeness (QED) is 0.355. The first-order chi connectivity index (χ1) is 6.94. The molecule has 0 radical (unpaired) electrons. The Morgan fingerprint density at radius 2 is 2.27 bits per heavy atom. The van der Waals surface area contributed by atoms with Crippen LogP contribution in [0.3, 0.4) is 0 Å². The fourth-order valence-electron chi connectivity index (χ4n) is 1.91.